The van der Waals surface area contributed by atoms with Crippen LogP contribution >= 0.6 is 11.6 Å². The summed E-state index contributed by atoms with van der Waals surface area (Å²) in [6, 6.07) is 8.68. The molecule has 154 valence electrons. The molecule has 2 heterocycles. The highest BCUT2D eigenvalue weighted by molar-refractivity contribution is 6.30. The molecule has 6 heteroatoms. The van der Waals surface area contributed by atoms with E-state index in [1.165, 1.54) is 24.0 Å². The average molecular weight is 405 g/mol. The molecule has 0 saturated carbocycles. The van der Waals surface area contributed by atoms with E-state index in [9.17, 15) is 0 Å². The summed E-state index contributed by atoms with van der Waals surface area (Å²) in [6.07, 6.45) is 6.72. The third-order valence-electron chi connectivity index (χ3n) is 5.75. The Morgan fingerprint density at radius 3 is 3.00 bits per heavy atom. The molecule has 2 aliphatic heterocycles. The number of guanidine groups is 1. The molecule has 2 unspecified atom stereocenters. The molecule has 2 aliphatic rings. The van der Waals surface area contributed by atoms with Crippen LogP contribution in [0.3, 0.4) is 0 Å². The number of nitrogens with one attached hydrogen (secondary N) is 2. The lowest BCUT2D eigenvalue weighted by Crippen LogP contribution is -2.45. The molecule has 3 rings (SSSR count). The van der Waals surface area contributed by atoms with Gasteiger partial charge in [-0.05, 0) is 62.9 Å². The van der Waals surface area contributed by atoms with E-state index in [0.717, 1.165) is 56.7 Å². The molecule has 2 N–H and O–H groups in total. The molecular formula is C22H33ClN4O. The van der Waals surface area contributed by atoms with E-state index in [4.69, 9.17) is 16.3 Å². The van der Waals surface area contributed by atoms with Crippen LogP contribution < -0.4 is 10.6 Å². The van der Waals surface area contributed by atoms with Crippen LogP contribution in [-0.2, 0) is 4.74 Å². The van der Waals surface area contributed by atoms with Crippen LogP contribution in [0.2, 0.25) is 5.02 Å². The molecule has 2 atom stereocenters. The lowest BCUT2D eigenvalue weighted by Gasteiger charge is -2.40. The highest BCUT2D eigenvalue weighted by Gasteiger charge is 2.30. The second-order valence-electron chi connectivity index (χ2n) is 7.70. The minimum atomic E-state index is 0.380. The summed E-state index contributed by atoms with van der Waals surface area (Å²) in [6.45, 7) is 4.52. The fourth-order valence-electron chi connectivity index (χ4n) is 4.27. The lowest BCUT2D eigenvalue weighted by atomic mass is 9.85. The van der Waals surface area contributed by atoms with Gasteiger partial charge in [-0.1, -0.05) is 35.4 Å². The number of hydrogen-bond acceptors (Lipinski definition) is 3. The molecule has 0 bridgehead atoms. The van der Waals surface area contributed by atoms with E-state index in [2.05, 4.69) is 51.8 Å². The molecule has 0 spiro atoms. The van der Waals surface area contributed by atoms with Crippen LogP contribution in [0.5, 0.6) is 0 Å². The van der Waals surface area contributed by atoms with Gasteiger partial charge in [0.15, 0.2) is 5.96 Å². The lowest BCUT2D eigenvalue weighted by molar-refractivity contribution is 0.122. The van der Waals surface area contributed by atoms with Gasteiger partial charge in [-0.25, -0.2) is 0 Å². The van der Waals surface area contributed by atoms with Gasteiger partial charge >= 0.3 is 0 Å². The van der Waals surface area contributed by atoms with Gasteiger partial charge < -0.3 is 15.4 Å². The van der Waals surface area contributed by atoms with E-state index >= 15 is 0 Å². The van der Waals surface area contributed by atoms with Crippen LogP contribution in [0.4, 0.5) is 0 Å². The van der Waals surface area contributed by atoms with Crippen molar-refractivity contribution in [1.29, 1.82) is 0 Å². The Kier molecular flexibility index (Phi) is 8.19. The van der Waals surface area contributed by atoms with Crippen molar-refractivity contribution >= 4 is 17.6 Å². The maximum atomic E-state index is 6.26. The van der Waals surface area contributed by atoms with E-state index in [1.54, 1.807) is 0 Å². The Bertz CT molecular complexity index is 691. The van der Waals surface area contributed by atoms with Crippen LogP contribution in [0, 0.1) is 5.92 Å². The molecular weight excluding hydrogens is 372 g/mol. The number of piperidine rings is 1. The van der Waals surface area contributed by atoms with Gasteiger partial charge in [-0.2, -0.15) is 0 Å². The number of nitrogens with zero attached hydrogens (tertiary/aromatic N) is 2. The number of aliphatic imine (C=N–C) groups is 1. The predicted octanol–water partition coefficient (Wildman–Crippen LogP) is 3.62. The first-order chi connectivity index (χ1) is 13.7. The first-order valence-corrected chi connectivity index (χ1v) is 10.7. The fourth-order valence-corrected chi connectivity index (χ4v) is 4.47. The Balaban J connectivity index is 1.53. The Morgan fingerprint density at radius 1 is 1.36 bits per heavy atom. The van der Waals surface area contributed by atoms with Gasteiger partial charge in [0.05, 0.1) is 13.2 Å². The Morgan fingerprint density at radius 2 is 2.25 bits per heavy atom. The highest BCUT2D eigenvalue weighted by Crippen LogP contribution is 2.35. The molecule has 1 saturated heterocycles. The van der Waals surface area contributed by atoms with Crippen LogP contribution in [0.1, 0.15) is 37.3 Å². The molecule has 5 nitrogen and oxygen atoms in total. The van der Waals surface area contributed by atoms with Gasteiger partial charge in [0, 0.05) is 31.2 Å². The molecule has 1 aromatic rings. The average Bonchev–Trinajstić information content (AvgIpc) is 2.71. The second kappa shape index (κ2) is 10.8. The zero-order chi connectivity index (χ0) is 19.8. The molecule has 0 aromatic heterocycles. The van der Waals surface area contributed by atoms with Crippen molar-refractivity contribution in [2.24, 2.45) is 10.9 Å². The number of likely N-dealkylation sites (tertiary alicyclic amines) is 1. The topological polar surface area (TPSA) is 48.9 Å². The number of hydrogen-bond donors (Lipinski definition) is 2. The third-order valence-corrected chi connectivity index (χ3v) is 5.98. The summed E-state index contributed by atoms with van der Waals surface area (Å²) >= 11 is 6.26. The number of halogens is 1. The van der Waals surface area contributed by atoms with Crippen molar-refractivity contribution < 1.29 is 4.74 Å². The second-order valence-corrected chi connectivity index (χ2v) is 8.14. The van der Waals surface area contributed by atoms with E-state index < -0.39 is 0 Å². The monoisotopic (exact) mass is 404 g/mol. The van der Waals surface area contributed by atoms with E-state index in [0.29, 0.717) is 12.0 Å². The van der Waals surface area contributed by atoms with Crippen molar-refractivity contribution in [2.45, 2.75) is 31.7 Å². The SMILES string of the molecule is CN=C(NCCC1=CCOCC1)NCC1CCCN(C)C1c1cccc(Cl)c1. The maximum Gasteiger partial charge on any atom is 0.190 e. The molecule has 28 heavy (non-hydrogen) atoms. The summed E-state index contributed by atoms with van der Waals surface area (Å²) in [7, 11) is 4.05. The molecule has 0 radical (unpaired) electrons. The smallest absolute Gasteiger partial charge is 0.190 e. The minimum Gasteiger partial charge on any atom is -0.377 e. The molecule has 1 aromatic carbocycles. The quantitative estimate of drug-likeness (QED) is 0.432. The van der Waals surface area contributed by atoms with Crippen molar-refractivity contribution in [1.82, 2.24) is 15.5 Å². The largest absolute Gasteiger partial charge is 0.377 e. The summed E-state index contributed by atoms with van der Waals surface area (Å²) < 4.78 is 5.37. The van der Waals surface area contributed by atoms with Gasteiger partial charge in [0.25, 0.3) is 0 Å². The van der Waals surface area contributed by atoms with E-state index in [-0.39, 0.29) is 0 Å². The summed E-state index contributed by atoms with van der Waals surface area (Å²) in [5, 5.41) is 7.81. The predicted molar refractivity (Wildman–Crippen MR) is 117 cm³/mol. The number of rotatable bonds is 6. The highest BCUT2D eigenvalue weighted by atomic mass is 35.5. The molecule has 0 aliphatic carbocycles. The molecule has 0 amide bonds. The normalized spacial score (nSPS) is 24.0. The van der Waals surface area contributed by atoms with Gasteiger partial charge in [0.2, 0.25) is 0 Å². The fraction of sp³-hybridized carbons (Fsp3) is 0.591. The van der Waals surface area contributed by atoms with E-state index in [1.807, 2.05) is 13.1 Å². The first kappa shape index (κ1) is 21.2. The van der Waals surface area contributed by atoms with Crippen molar-refractivity contribution in [3.63, 3.8) is 0 Å². The van der Waals surface area contributed by atoms with Gasteiger partial charge in [-0.3, -0.25) is 9.89 Å². The van der Waals surface area contributed by atoms with Crippen molar-refractivity contribution in [2.75, 3.05) is 46.9 Å². The molecule has 1 fully saturated rings. The van der Waals surface area contributed by atoms with Crippen LogP contribution in [-0.4, -0.2) is 57.8 Å². The third kappa shape index (κ3) is 5.97. The Labute approximate surface area is 174 Å². The van der Waals surface area contributed by atoms with Crippen molar-refractivity contribution in [3.05, 3.63) is 46.5 Å². The van der Waals surface area contributed by atoms with Crippen molar-refractivity contribution in [3.8, 4) is 0 Å². The maximum absolute atomic E-state index is 6.26. The van der Waals surface area contributed by atoms with Gasteiger partial charge in [-0.15, -0.1) is 0 Å². The minimum absolute atomic E-state index is 0.380. The summed E-state index contributed by atoms with van der Waals surface area (Å²) in [4.78, 5) is 6.86. The van der Waals surface area contributed by atoms with Crippen LogP contribution in [0.25, 0.3) is 0 Å². The zero-order valence-corrected chi connectivity index (χ0v) is 17.8. The zero-order valence-electron chi connectivity index (χ0n) is 17.1. The van der Waals surface area contributed by atoms with Crippen LogP contribution in [0.15, 0.2) is 40.9 Å². The first-order valence-electron chi connectivity index (χ1n) is 10.3. The summed E-state index contributed by atoms with van der Waals surface area (Å²) in [5.74, 6) is 1.40. The Hall–Kier alpha value is -1.56. The van der Waals surface area contributed by atoms with Gasteiger partial charge in [0.1, 0.15) is 0 Å². The number of benzene rings is 1. The number of ether oxygens (including phenoxy) is 1. The summed E-state index contributed by atoms with van der Waals surface area (Å²) in [5.41, 5.74) is 2.78. The standard InChI is InChI=1S/C22H33ClN4O/c1-24-22(25-11-8-17-9-13-28-14-10-17)26-16-19-6-4-12-27(2)21(19)18-5-3-7-20(23)15-18/h3,5,7,9,15,19,21H,4,6,8,10-14,16H2,1-2H3,(H2,24,25,26).